The zero-order chi connectivity index (χ0) is 18.1. The highest BCUT2D eigenvalue weighted by Gasteiger charge is 2.70. The van der Waals surface area contributed by atoms with Gasteiger partial charge in [0.15, 0.2) is 11.2 Å². The number of carbonyl (C=O) groups excluding carboxylic acids is 1. The molecule has 2 unspecified atom stereocenters. The van der Waals surface area contributed by atoms with E-state index in [1.54, 1.807) is 0 Å². The van der Waals surface area contributed by atoms with E-state index in [9.17, 15) is 4.79 Å². The summed E-state index contributed by atoms with van der Waals surface area (Å²) < 4.78 is 0. The predicted molar refractivity (Wildman–Crippen MR) is 102 cm³/mol. The summed E-state index contributed by atoms with van der Waals surface area (Å²) in [5, 5.41) is 1.40. The lowest BCUT2D eigenvalue weighted by Crippen LogP contribution is -3.41. The number of carbonyl (C=O) groups is 1. The summed E-state index contributed by atoms with van der Waals surface area (Å²) in [7, 11) is 0. The van der Waals surface area contributed by atoms with Crippen LogP contribution in [0, 0.1) is 5.41 Å². The van der Waals surface area contributed by atoms with Crippen LogP contribution in [0.15, 0.2) is 48.5 Å². The Kier molecular flexibility index (Phi) is 3.58. The Morgan fingerprint density at radius 3 is 2.23 bits per heavy atom. The molecule has 2 atom stereocenters. The Hall–Kier alpha value is -1.39. The van der Waals surface area contributed by atoms with Gasteiger partial charge in [0.2, 0.25) is 6.17 Å². The Labute approximate surface area is 163 Å². The normalized spacial score (nSPS) is 38.0. The van der Waals surface area contributed by atoms with Crippen molar-refractivity contribution in [3.8, 4) is 0 Å². The lowest BCUT2D eigenvalue weighted by molar-refractivity contribution is -1.18. The molecule has 4 aliphatic heterocycles. The van der Waals surface area contributed by atoms with Crippen molar-refractivity contribution in [3.05, 3.63) is 69.7 Å². The van der Waals surface area contributed by atoms with Crippen LogP contribution in [-0.4, -0.2) is 32.0 Å². The second-order valence-electron chi connectivity index (χ2n) is 8.46. The van der Waals surface area contributed by atoms with Crippen molar-refractivity contribution in [3.63, 3.8) is 0 Å². The zero-order valence-corrected chi connectivity index (χ0v) is 16.2. The molecule has 4 aliphatic rings. The molecule has 26 heavy (non-hydrogen) atoms. The first-order chi connectivity index (χ1) is 12.4. The van der Waals surface area contributed by atoms with E-state index in [0.29, 0.717) is 10.8 Å². The van der Waals surface area contributed by atoms with Gasteiger partial charge in [-0.2, -0.15) is 0 Å². The van der Waals surface area contributed by atoms with E-state index in [2.05, 4.69) is 25.1 Å². The minimum atomic E-state index is -0.368. The van der Waals surface area contributed by atoms with Crippen LogP contribution >= 0.6 is 23.2 Å². The molecule has 2 aromatic carbocycles. The number of benzene rings is 2. The first-order valence-corrected chi connectivity index (χ1v) is 9.93. The minimum absolute atomic E-state index is 0.258. The van der Waals surface area contributed by atoms with Crippen LogP contribution in [0.1, 0.15) is 24.2 Å². The molecule has 0 radical (unpaired) electrons. The molecule has 0 amide bonds. The van der Waals surface area contributed by atoms with Crippen molar-refractivity contribution in [2.45, 2.75) is 18.5 Å². The molecule has 0 aliphatic carbocycles. The fourth-order valence-electron chi connectivity index (χ4n) is 5.89. The molecular weight excluding hydrogens is 367 g/mol. The average molecular weight is 389 g/mol. The van der Waals surface area contributed by atoms with Crippen molar-refractivity contribution < 1.29 is 14.6 Å². The maximum absolute atomic E-state index is 13.5. The molecule has 0 spiro atoms. The standard InChI is InChI=1S/C21H20Cl2N2O/c1-20-10-24-12-21(19(20)26,14-5-3-2-4-6-14)13-25(11-20)18(24)16-8-7-15(22)9-17(16)23/h2-9,18H,10-13H2,1H3/p+2. The fraction of sp³-hybridized carbons (Fsp3) is 0.381. The molecular formula is C21H22Cl2N2O+2. The van der Waals surface area contributed by atoms with Gasteiger partial charge in [-0.1, -0.05) is 53.5 Å². The lowest BCUT2D eigenvalue weighted by Gasteiger charge is -2.59. The van der Waals surface area contributed by atoms with Crippen molar-refractivity contribution >= 4 is 29.0 Å². The van der Waals surface area contributed by atoms with Gasteiger partial charge >= 0.3 is 0 Å². The first-order valence-electron chi connectivity index (χ1n) is 9.18. The SMILES string of the molecule is CC12C[NH+]3CC(c4ccccc4)(C[NH+](C1)C3c1ccc(Cl)cc1Cl)C2=O. The number of nitrogens with one attached hydrogen (secondary N) is 2. The zero-order valence-electron chi connectivity index (χ0n) is 14.7. The molecule has 4 heterocycles. The van der Waals surface area contributed by atoms with Crippen LogP contribution < -0.4 is 9.80 Å². The molecule has 5 heteroatoms. The minimum Gasteiger partial charge on any atom is -0.297 e. The summed E-state index contributed by atoms with van der Waals surface area (Å²) in [6.45, 7) is 5.61. The van der Waals surface area contributed by atoms with Crippen LogP contribution in [0.4, 0.5) is 0 Å². The van der Waals surface area contributed by atoms with E-state index in [0.717, 1.165) is 36.8 Å². The van der Waals surface area contributed by atoms with E-state index in [1.165, 1.54) is 15.4 Å². The third-order valence-electron chi connectivity index (χ3n) is 6.69. The average Bonchev–Trinajstić information content (AvgIpc) is 2.60. The second-order valence-corrected chi connectivity index (χ2v) is 9.30. The smallest absolute Gasteiger partial charge is 0.241 e. The highest BCUT2D eigenvalue weighted by molar-refractivity contribution is 6.35. The maximum atomic E-state index is 13.5. The Bertz CT molecular complexity index is 882. The quantitative estimate of drug-likeness (QED) is 0.796. The Morgan fingerprint density at radius 1 is 0.962 bits per heavy atom. The maximum Gasteiger partial charge on any atom is 0.241 e. The third-order valence-corrected chi connectivity index (χ3v) is 7.25. The summed E-state index contributed by atoms with van der Waals surface area (Å²) >= 11 is 12.7. The lowest BCUT2D eigenvalue weighted by atomic mass is 9.58. The molecule has 4 saturated heterocycles. The third kappa shape index (κ3) is 2.18. The second kappa shape index (κ2) is 5.56. The number of rotatable bonds is 2. The van der Waals surface area contributed by atoms with Gasteiger partial charge in [0.25, 0.3) is 0 Å². The van der Waals surface area contributed by atoms with Gasteiger partial charge in [-0.15, -0.1) is 0 Å². The molecule has 0 saturated carbocycles. The molecule has 4 bridgehead atoms. The number of hydrogen-bond acceptors (Lipinski definition) is 1. The van der Waals surface area contributed by atoms with Gasteiger partial charge in [0.1, 0.15) is 31.6 Å². The van der Waals surface area contributed by atoms with Crippen LogP contribution in [0.25, 0.3) is 0 Å². The van der Waals surface area contributed by atoms with Crippen molar-refractivity contribution in [2.24, 2.45) is 5.41 Å². The van der Waals surface area contributed by atoms with Crippen LogP contribution in [0.3, 0.4) is 0 Å². The summed E-state index contributed by atoms with van der Waals surface area (Å²) in [6.07, 6.45) is 0.276. The monoisotopic (exact) mass is 388 g/mol. The number of halogens is 2. The van der Waals surface area contributed by atoms with Crippen LogP contribution in [-0.2, 0) is 10.2 Å². The van der Waals surface area contributed by atoms with E-state index >= 15 is 0 Å². The Morgan fingerprint density at radius 2 is 1.62 bits per heavy atom. The van der Waals surface area contributed by atoms with E-state index in [-0.39, 0.29) is 17.0 Å². The van der Waals surface area contributed by atoms with Crippen molar-refractivity contribution in [1.82, 2.24) is 0 Å². The van der Waals surface area contributed by atoms with Crippen LogP contribution in [0.2, 0.25) is 10.0 Å². The number of Topliss-reactive ketones (excluding diaryl/α,β-unsaturated/α-hetero) is 1. The molecule has 2 N–H and O–H groups in total. The molecule has 6 rings (SSSR count). The molecule has 4 fully saturated rings. The summed E-state index contributed by atoms with van der Waals surface area (Å²) in [4.78, 5) is 16.4. The topological polar surface area (TPSA) is 26.0 Å². The van der Waals surface area contributed by atoms with Gasteiger partial charge in [-0.25, -0.2) is 0 Å². The predicted octanol–water partition coefficient (Wildman–Crippen LogP) is 1.32. The highest BCUT2D eigenvalue weighted by Crippen LogP contribution is 2.39. The summed E-state index contributed by atoms with van der Waals surface area (Å²) in [5.41, 5.74) is 1.70. The number of hydrogen-bond donors (Lipinski definition) is 2. The van der Waals surface area contributed by atoms with Crippen molar-refractivity contribution in [2.75, 3.05) is 26.2 Å². The molecule has 134 valence electrons. The van der Waals surface area contributed by atoms with Gasteiger partial charge in [-0.05, 0) is 30.7 Å². The fourth-order valence-corrected chi connectivity index (χ4v) is 6.41. The first kappa shape index (κ1) is 16.8. The summed E-state index contributed by atoms with van der Waals surface area (Å²) in [5.74, 6) is 0.435. The number of piperidine rings is 2. The van der Waals surface area contributed by atoms with Gasteiger partial charge in [0.05, 0.1) is 10.6 Å². The largest absolute Gasteiger partial charge is 0.297 e. The number of quaternary nitrogens is 2. The van der Waals surface area contributed by atoms with Crippen LogP contribution in [0.5, 0.6) is 0 Å². The van der Waals surface area contributed by atoms with E-state index in [4.69, 9.17) is 23.2 Å². The number of ketones is 1. The van der Waals surface area contributed by atoms with Gasteiger partial charge < -0.3 is 0 Å². The molecule has 0 aromatic heterocycles. The Balaban J connectivity index is 1.61. The molecule has 2 aromatic rings. The van der Waals surface area contributed by atoms with Gasteiger partial charge in [0, 0.05) is 5.02 Å². The molecule has 3 nitrogen and oxygen atoms in total. The highest BCUT2D eigenvalue weighted by atomic mass is 35.5. The van der Waals surface area contributed by atoms with E-state index < -0.39 is 0 Å². The van der Waals surface area contributed by atoms with Crippen molar-refractivity contribution in [1.29, 1.82) is 0 Å². The van der Waals surface area contributed by atoms with Gasteiger partial charge in [-0.3, -0.25) is 14.6 Å². The van der Waals surface area contributed by atoms with E-state index in [1.807, 2.05) is 30.3 Å². The summed E-state index contributed by atoms with van der Waals surface area (Å²) in [6, 6.07) is 16.2.